The molecule has 25 heavy (non-hydrogen) atoms. The Morgan fingerprint density at radius 3 is 2.28 bits per heavy atom. The molecule has 3 rings (SSSR count). The Labute approximate surface area is 143 Å². The van der Waals surface area contributed by atoms with Crippen molar-refractivity contribution in [3.8, 4) is 5.75 Å². The van der Waals surface area contributed by atoms with Gasteiger partial charge in [-0.3, -0.25) is 4.79 Å². The van der Waals surface area contributed by atoms with E-state index in [2.05, 4.69) is 15.6 Å². The first-order valence-electron chi connectivity index (χ1n) is 7.48. The third-order valence-electron chi connectivity index (χ3n) is 3.54. The SMILES string of the molecule is COc1ccc2nc(C(=O)Nc3ccc(NC(N)=O)cc3)ccc2c1. The maximum absolute atomic E-state index is 12.4. The van der Waals surface area contributed by atoms with Crippen molar-refractivity contribution < 1.29 is 14.3 Å². The molecule has 0 atom stereocenters. The van der Waals surface area contributed by atoms with Gasteiger partial charge in [0.15, 0.2) is 0 Å². The zero-order valence-electron chi connectivity index (χ0n) is 13.4. The molecule has 0 aliphatic heterocycles. The number of nitrogens with zero attached hydrogens (tertiary/aromatic N) is 1. The van der Waals surface area contributed by atoms with Gasteiger partial charge in [0.05, 0.1) is 12.6 Å². The van der Waals surface area contributed by atoms with E-state index in [1.807, 2.05) is 12.1 Å². The highest BCUT2D eigenvalue weighted by molar-refractivity contribution is 6.04. The second-order valence-electron chi connectivity index (χ2n) is 5.28. The van der Waals surface area contributed by atoms with Gasteiger partial charge in [0.1, 0.15) is 11.4 Å². The van der Waals surface area contributed by atoms with Crippen molar-refractivity contribution in [2.45, 2.75) is 0 Å². The number of hydrogen-bond acceptors (Lipinski definition) is 4. The Balaban J connectivity index is 1.76. The number of primary amides is 1. The minimum Gasteiger partial charge on any atom is -0.497 e. The number of rotatable bonds is 4. The molecule has 7 nitrogen and oxygen atoms in total. The van der Waals surface area contributed by atoms with E-state index in [1.54, 1.807) is 49.6 Å². The van der Waals surface area contributed by atoms with Crippen LogP contribution in [0.2, 0.25) is 0 Å². The highest BCUT2D eigenvalue weighted by atomic mass is 16.5. The summed E-state index contributed by atoms with van der Waals surface area (Å²) in [5.74, 6) is 0.407. The largest absolute Gasteiger partial charge is 0.497 e. The summed E-state index contributed by atoms with van der Waals surface area (Å²) in [7, 11) is 1.60. The molecule has 1 heterocycles. The molecule has 2 aromatic carbocycles. The van der Waals surface area contributed by atoms with Crippen LogP contribution in [-0.2, 0) is 0 Å². The summed E-state index contributed by atoms with van der Waals surface area (Å²) in [6.07, 6.45) is 0. The molecular weight excluding hydrogens is 320 g/mol. The van der Waals surface area contributed by atoms with Gasteiger partial charge in [0.25, 0.3) is 5.91 Å². The van der Waals surface area contributed by atoms with E-state index in [0.29, 0.717) is 22.6 Å². The maximum atomic E-state index is 12.4. The fourth-order valence-electron chi connectivity index (χ4n) is 2.33. The number of anilines is 2. The maximum Gasteiger partial charge on any atom is 0.316 e. The Hall–Kier alpha value is -3.61. The summed E-state index contributed by atoms with van der Waals surface area (Å²) < 4.78 is 5.17. The van der Waals surface area contributed by atoms with Gasteiger partial charge in [-0.2, -0.15) is 0 Å². The molecule has 0 bridgehead atoms. The Kier molecular flexibility index (Phi) is 4.47. The zero-order valence-corrected chi connectivity index (χ0v) is 13.4. The predicted octanol–water partition coefficient (Wildman–Crippen LogP) is 2.99. The molecule has 0 spiro atoms. The topological polar surface area (TPSA) is 106 Å². The second-order valence-corrected chi connectivity index (χ2v) is 5.28. The average Bonchev–Trinajstić information content (AvgIpc) is 2.62. The number of nitrogens with two attached hydrogens (primary N) is 1. The molecule has 0 unspecified atom stereocenters. The number of ether oxygens (including phenoxy) is 1. The summed E-state index contributed by atoms with van der Waals surface area (Å²) in [4.78, 5) is 27.5. The minimum absolute atomic E-state index is 0.303. The van der Waals surface area contributed by atoms with Gasteiger partial charge in [0.2, 0.25) is 0 Å². The van der Waals surface area contributed by atoms with Crippen LogP contribution in [-0.4, -0.2) is 24.0 Å². The van der Waals surface area contributed by atoms with E-state index in [0.717, 1.165) is 11.1 Å². The van der Waals surface area contributed by atoms with Crippen molar-refractivity contribution in [3.05, 3.63) is 60.3 Å². The van der Waals surface area contributed by atoms with E-state index in [4.69, 9.17) is 10.5 Å². The number of hydrogen-bond donors (Lipinski definition) is 3. The summed E-state index contributed by atoms with van der Waals surface area (Å²) in [6, 6.07) is 14.9. The first-order chi connectivity index (χ1) is 12.0. The second kappa shape index (κ2) is 6.88. The van der Waals surface area contributed by atoms with E-state index >= 15 is 0 Å². The standard InChI is InChI=1S/C18H16N4O3/c1-25-14-7-9-15-11(10-14)2-8-16(22-15)17(23)20-12-3-5-13(6-4-12)21-18(19)24/h2-10H,1H3,(H,20,23)(H3,19,21,24). The lowest BCUT2D eigenvalue weighted by Crippen LogP contribution is -2.19. The number of nitrogens with one attached hydrogen (secondary N) is 2. The Bertz CT molecular complexity index is 939. The van der Waals surface area contributed by atoms with Crippen molar-refractivity contribution in [3.63, 3.8) is 0 Å². The molecule has 0 radical (unpaired) electrons. The van der Waals surface area contributed by atoms with E-state index in [-0.39, 0.29) is 5.91 Å². The number of amides is 3. The van der Waals surface area contributed by atoms with Gasteiger partial charge in [-0.15, -0.1) is 0 Å². The van der Waals surface area contributed by atoms with E-state index < -0.39 is 6.03 Å². The van der Waals surface area contributed by atoms with Crippen LogP contribution in [0.15, 0.2) is 54.6 Å². The van der Waals surface area contributed by atoms with Crippen molar-refractivity contribution in [2.24, 2.45) is 5.73 Å². The van der Waals surface area contributed by atoms with Crippen molar-refractivity contribution >= 4 is 34.2 Å². The van der Waals surface area contributed by atoms with Gasteiger partial charge < -0.3 is 21.1 Å². The smallest absolute Gasteiger partial charge is 0.316 e. The van der Waals surface area contributed by atoms with Crippen molar-refractivity contribution in [1.82, 2.24) is 4.98 Å². The van der Waals surface area contributed by atoms with Crippen LogP contribution in [0.4, 0.5) is 16.2 Å². The van der Waals surface area contributed by atoms with Crippen LogP contribution in [0.1, 0.15) is 10.5 Å². The van der Waals surface area contributed by atoms with Crippen LogP contribution in [0.5, 0.6) is 5.75 Å². The lowest BCUT2D eigenvalue weighted by atomic mass is 10.2. The van der Waals surface area contributed by atoms with Gasteiger partial charge in [0, 0.05) is 16.8 Å². The third-order valence-corrected chi connectivity index (χ3v) is 3.54. The third kappa shape index (κ3) is 3.84. The minimum atomic E-state index is -0.645. The molecule has 7 heteroatoms. The van der Waals surface area contributed by atoms with E-state index in [9.17, 15) is 9.59 Å². The highest BCUT2D eigenvalue weighted by Crippen LogP contribution is 2.20. The molecule has 0 saturated carbocycles. The molecule has 0 saturated heterocycles. The molecule has 3 aromatic rings. The van der Waals surface area contributed by atoms with Crippen LogP contribution >= 0.6 is 0 Å². The molecule has 3 amide bonds. The number of fused-ring (bicyclic) bond motifs is 1. The summed E-state index contributed by atoms with van der Waals surface area (Å²) in [5, 5.41) is 6.09. The van der Waals surface area contributed by atoms with Crippen LogP contribution in [0.25, 0.3) is 10.9 Å². The van der Waals surface area contributed by atoms with Crippen LogP contribution in [0, 0.1) is 0 Å². The molecule has 0 aliphatic rings. The molecule has 0 fully saturated rings. The molecular formula is C18H16N4O3. The number of benzene rings is 2. The average molecular weight is 336 g/mol. The zero-order chi connectivity index (χ0) is 17.8. The van der Waals surface area contributed by atoms with Crippen LogP contribution < -0.4 is 21.1 Å². The molecule has 1 aromatic heterocycles. The Morgan fingerprint density at radius 2 is 1.64 bits per heavy atom. The van der Waals surface area contributed by atoms with Gasteiger partial charge >= 0.3 is 6.03 Å². The van der Waals surface area contributed by atoms with Gasteiger partial charge in [-0.1, -0.05) is 6.07 Å². The monoisotopic (exact) mass is 336 g/mol. The summed E-state index contributed by atoms with van der Waals surface area (Å²) in [6.45, 7) is 0. The number of pyridine rings is 1. The highest BCUT2D eigenvalue weighted by Gasteiger charge is 2.09. The first-order valence-corrected chi connectivity index (χ1v) is 7.48. The quantitative estimate of drug-likeness (QED) is 0.681. The Morgan fingerprint density at radius 1 is 0.960 bits per heavy atom. The van der Waals surface area contributed by atoms with Crippen molar-refractivity contribution in [1.29, 1.82) is 0 Å². The molecule has 126 valence electrons. The van der Waals surface area contributed by atoms with Gasteiger partial charge in [-0.05, 0) is 48.5 Å². The number of methoxy groups -OCH3 is 1. The number of aromatic nitrogens is 1. The predicted molar refractivity (Wildman–Crippen MR) is 95.9 cm³/mol. The number of urea groups is 1. The molecule has 0 aliphatic carbocycles. The number of carbonyl (C=O) groups is 2. The summed E-state index contributed by atoms with van der Waals surface area (Å²) >= 11 is 0. The fourth-order valence-corrected chi connectivity index (χ4v) is 2.33. The lowest BCUT2D eigenvalue weighted by Gasteiger charge is -2.08. The van der Waals surface area contributed by atoms with Crippen LogP contribution in [0.3, 0.4) is 0 Å². The lowest BCUT2D eigenvalue weighted by molar-refractivity contribution is 0.102. The fraction of sp³-hybridized carbons (Fsp3) is 0.0556. The molecule has 4 N–H and O–H groups in total. The summed E-state index contributed by atoms with van der Waals surface area (Å²) in [5.41, 5.74) is 7.18. The number of carbonyl (C=O) groups excluding carboxylic acids is 2. The normalized spacial score (nSPS) is 10.3. The van der Waals surface area contributed by atoms with E-state index in [1.165, 1.54) is 0 Å². The van der Waals surface area contributed by atoms with Crippen molar-refractivity contribution in [2.75, 3.05) is 17.7 Å². The first kappa shape index (κ1) is 16.3. The van der Waals surface area contributed by atoms with Gasteiger partial charge in [-0.25, -0.2) is 9.78 Å².